The molecule has 0 radical (unpaired) electrons. The summed E-state index contributed by atoms with van der Waals surface area (Å²) in [6, 6.07) is 29.6. The van der Waals surface area contributed by atoms with E-state index in [2.05, 4.69) is 88.4 Å². The normalized spacial score (nSPS) is 15.0. The van der Waals surface area contributed by atoms with Gasteiger partial charge in [0, 0.05) is 75.2 Å². The first kappa shape index (κ1) is 27.6. The van der Waals surface area contributed by atoms with E-state index < -0.39 is 5.91 Å². The molecule has 6 heteroatoms. The van der Waals surface area contributed by atoms with Crippen molar-refractivity contribution in [2.45, 2.75) is 45.7 Å². The molecule has 7 rings (SSSR count). The maximum atomic E-state index is 13.4. The molecular formula is C38H34N4O2. The van der Waals surface area contributed by atoms with E-state index in [0.717, 1.165) is 88.7 Å². The lowest BCUT2D eigenvalue weighted by molar-refractivity contribution is -0.121. The Hall–Kier alpha value is -5.23. The lowest BCUT2D eigenvalue weighted by atomic mass is 10.0. The van der Waals surface area contributed by atoms with E-state index in [4.69, 9.17) is 4.98 Å². The average molecular weight is 579 g/mol. The number of aromatic nitrogens is 3. The highest BCUT2D eigenvalue weighted by Crippen LogP contribution is 2.32. The van der Waals surface area contributed by atoms with Gasteiger partial charge < -0.3 is 9.13 Å². The quantitative estimate of drug-likeness (QED) is 0.223. The van der Waals surface area contributed by atoms with Gasteiger partial charge in [-0.3, -0.25) is 19.9 Å². The van der Waals surface area contributed by atoms with Crippen LogP contribution >= 0.6 is 0 Å². The van der Waals surface area contributed by atoms with Crippen molar-refractivity contribution < 1.29 is 9.59 Å². The number of hydrogen-bond donors (Lipinski definition) is 1. The SMILES string of the molecule is Cc1ccc(-c2cc3cc(n2)CCCn2cc(c4ccccc42)/C=C(/C(=O)NC=O)c2cn(c4ccccc24)CCC3)cc1. The Morgan fingerprint density at radius 2 is 1.50 bits per heavy atom. The number of rotatable bonds is 3. The highest BCUT2D eigenvalue weighted by atomic mass is 16.2. The van der Waals surface area contributed by atoms with Gasteiger partial charge in [-0.15, -0.1) is 0 Å². The number of carbonyl (C=O) groups excluding carboxylic acids is 2. The number of carbonyl (C=O) groups is 2. The third-order valence-corrected chi connectivity index (χ3v) is 8.61. The zero-order chi connectivity index (χ0) is 30.0. The Labute approximate surface area is 256 Å². The number of aryl methyl sites for hydroxylation is 5. The molecule has 6 bridgehead atoms. The summed E-state index contributed by atoms with van der Waals surface area (Å²) < 4.78 is 4.50. The fourth-order valence-corrected chi connectivity index (χ4v) is 6.45. The van der Waals surface area contributed by atoms with Crippen molar-refractivity contribution in [2.75, 3.05) is 0 Å². The first-order valence-electron chi connectivity index (χ1n) is 15.3. The van der Waals surface area contributed by atoms with E-state index in [1.165, 1.54) is 11.1 Å². The molecule has 0 aliphatic carbocycles. The lowest BCUT2D eigenvalue weighted by Crippen LogP contribution is -2.22. The highest BCUT2D eigenvalue weighted by Gasteiger charge is 2.20. The van der Waals surface area contributed by atoms with Crippen LogP contribution in [-0.4, -0.2) is 26.4 Å². The molecule has 218 valence electrons. The first-order valence-corrected chi connectivity index (χ1v) is 15.3. The number of para-hydroxylation sites is 2. The van der Waals surface area contributed by atoms with Crippen LogP contribution in [0.4, 0.5) is 0 Å². The molecule has 0 saturated carbocycles. The molecule has 3 aromatic carbocycles. The molecule has 1 N–H and O–H groups in total. The fraction of sp³-hybridized carbons (Fsp3) is 0.184. The van der Waals surface area contributed by atoms with E-state index >= 15 is 0 Å². The minimum Gasteiger partial charge on any atom is -0.347 e. The van der Waals surface area contributed by atoms with Crippen molar-refractivity contribution in [3.05, 3.63) is 125 Å². The van der Waals surface area contributed by atoms with Crippen molar-refractivity contribution >= 4 is 45.8 Å². The minimum atomic E-state index is -0.414. The molecule has 0 fully saturated rings. The number of nitrogens with one attached hydrogen (secondary N) is 1. The molecule has 6 nitrogen and oxygen atoms in total. The predicted molar refractivity (Wildman–Crippen MR) is 177 cm³/mol. The Morgan fingerprint density at radius 1 is 0.818 bits per heavy atom. The van der Waals surface area contributed by atoms with E-state index in [0.29, 0.717) is 12.0 Å². The molecule has 3 aromatic heterocycles. The van der Waals surface area contributed by atoms with E-state index in [9.17, 15) is 9.59 Å². The number of benzene rings is 3. The van der Waals surface area contributed by atoms with Crippen molar-refractivity contribution in [1.82, 2.24) is 19.4 Å². The maximum absolute atomic E-state index is 13.4. The maximum Gasteiger partial charge on any atom is 0.258 e. The molecule has 0 unspecified atom stereocenters. The van der Waals surface area contributed by atoms with E-state index in [1.807, 2.05) is 36.4 Å². The topological polar surface area (TPSA) is 68.9 Å². The summed E-state index contributed by atoms with van der Waals surface area (Å²) in [4.78, 5) is 29.9. The molecular weight excluding hydrogens is 544 g/mol. The molecule has 44 heavy (non-hydrogen) atoms. The van der Waals surface area contributed by atoms with Crippen LogP contribution in [-0.2, 0) is 35.5 Å². The molecule has 0 spiro atoms. The summed E-state index contributed by atoms with van der Waals surface area (Å²) >= 11 is 0. The summed E-state index contributed by atoms with van der Waals surface area (Å²) in [7, 11) is 0. The predicted octanol–water partition coefficient (Wildman–Crippen LogP) is 7.36. The number of amides is 2. The van der Waals surface area contributed by atoms with Gasteiger partial charge in [0.1, 0.15) is 0 Å². The van der Waals surface area contributed by atoms with Gasteiger partial charge in [0.15, 0.2) is 0 Å². The van der Waals surface area contributed by atoms with Crippen LogP contribution in [0, 0.1) is 6.92 Å². The van der Waals surface area contributed by atoms with E-state index in [1.54, 1.807) is 0 Å². The standard InChI is InChI=1S/C38H34N4O2/c1-26-14-16-28(17-15-26)35-21-27-8-6-18-42-24-34(32-11-3-5-13-37(32)42)33(38(44)39-25-43)22-29-23-41(19-7-9-30(20-27)40-35)36-12-4-2-10-31(29)36/h2-5,10-17,20-25H,6-9,18-19H2,1H3,(H,39,43,44)/b33-22+. The molecule has 1 aliphatic rings. The number of nitrogens with zero attached hydrogens (tertiary/aromatic N) is 3. The van der Waals surface area contributed by atoms with Gasteiger partial charge in [-0.2, -0.15) is 0 Å². The van der Waals surface area contributed by atoms with Gasteiger partial charge in [-0.1, -0.05) is 66.2 Å². The van der Waals surface area contributed by atoms with Crippen LogP contribution < -0.4 is 5.32 Å². The van der Waals surface area contributed by atoms with Crippen LogP contribution in [0.5, 0.6) is 0 Å². The summed E-state index contributed by atoms with van der Waals surface area (Å²) in [6.45, 7) is 3.71. The zero-order valence-corrected chi connectivity index (χ0v) is 24.8. The second-order valence-corrected chi connectivity index (χ2v) is 11.6. The zero-order valence-electron chi connectivity index (χ0n) is 24.8. The molecule has 4 heterocycles. The Bertz CT molecular complexity index is 2050. The van der Waals surface area contributed by atoms with Crippen LogP contribution in [0.2, 0.25) is 0 Å². The molecule has 6 aromatic rings. The van der Waals surface area contributed by atoms with Crippen LogP contribution in [0.1, 0.15) is 40.8 Å². The van der Waals surface area contributed by atoms with Crippen molar-refractivity contribution in [3.8, 4) is 11.3 Å². The average Bonchev–Trinajstić information content (AvgIpc) is 3.58. The van der Waals surface area contributed by atoms with Crippen molar-refractivity contribution in [1.29, 1.82) is 0 Å². The van der Waals surface area contributed by atoms with Gasteiger partial charge in [-0.25, -0.2) is 0 Å². The largest absolute Gasteiger partial charge is 0.347 e. The smallest absolute Gasteiger partial charge is 0.258 e. The number of imide groups is 1. The number of pyridine rings is 1. The van der Waals surface area contributed by atoms with Crippen molar-refractivity contribution in [2.24, 2.45) is 0 Å². The van der Waals surface area contributed by atoms with Gasteiger partial charge in [-0.05, 0) is 68.5 Å². The lowest BCUT2D eigenvalue weighted by Gasteiger charge is -2.11. The molecule has 2 amide bonds. The Kier molecular flexibility index (Phi) is 7.40. The highest BCUT2D eigenvalue weighted by molar-refractivity contribution is 6.29. The van der Waals surface area contributed by atoms with E-state index in [-0.39, 0.29) is 0 Å². The Morgan fingerprint density at radius 3 is 2.27 bits per heavy atom. The summed E-state index contributed by atoms with van der Waals surface area (Å²) in [5.74, 6) is -0.414. The number of fused-ring (bicyclic) bond motifs is 12. The summed E-state index contributed by atoms with van der Waals surface area (Å²) in [5, 5.41) is 4.45. The molecule has 0 atom stereocenters. The van der Waals surface area contributed by atoms with Crippen LogP contribution in [0.25, 0.3) is 44.7 Å². The first-order chi connectivity index (χ1) is 21.6. The molecule has 1 aliphatic heterocycles. The third-order valence-electron chi connectivity index (χ3n) is 8.61. The summed E-state index contributed by atoms with van der Waals surface area (Å²) in [6.07, 6.45) is 10.2. The van der Waals surface area contributed by atoms with Gasteiger partial charge in [0.25, 0.3) is 5.91 Å². The minimum absolute atomic E-state index is 0.414. The number of hydrogen-bond acceptors (Lipinski definition) is 3. The second kappa shape index (κ2) is 11.8. The van der Waals surface area contributed by atoms with Gasteiger partial charge >= 0.3 is 0 Å². The van der Waals surface area contributed by atoms with Gasteiger partial charge in [0.05, 0.1) is 5.69 Å². The second-order valence-electron chi connectivity index (χ2n) is 11.6. The van der Waals surface area contributed by atoms with Gasteiger partial charge in [0.2, 0.25) is 6.41 Å². The molecule has 0 saturated heterocycles. The fourth-order valence-electron chi connectivity index (χ4n) is 6.45. The Balaban J connectivity index is 1.38. The van der Waals surface area contributed by atoms with Crippen LogP contribution in [0.15, 0.2) is 97.3 Å². The van der Waals surface area contributed by atoms with Crippen LogP contribution in [0.3, 0.4) is 0 Å². The summed E-state index contributed by atoms with van der Waals surface area (Å²) in [5.41, 5.74) is 10.2. The monoisotopic (exact) mass is 578 g/mol. The third kappa shape index (κ3) is 5.35. The van der Waals surface area contributed by atoms with Crippen molar-refractivity contribution in [3.63, 3.8) is 0 Å².